The smallest absolute Gasteiger partial charge is 0.241 e. The molecule has 0 aliphatic carbocycles. The number of fused-ring (bicyclic) bond motifs is 1. The maximum absolute atomic E-state index is 12.1. The SMILES string of the molecule is NC1CN(C2CCc3ccccc3NC2=O)C1. The van der Waals surface area contributed by atoms with E-state index in [1.807, 2.05) is 18.2 Å². The van der Waals surface area contributed by atoms with Crippen molar-refractivity contribution in [2.45, 2.75) is 24.9 Å². The van der Waals surface area contributed by atoms with Crippen LogP contribution >= 0.6 is 0 Å². The number of para-hydroxylation sites is 1. The van der Waals surface area contributed by atoms with Crippen molar-refractivity contribution < 1.29 is 4.79 Å². The van der Waals surface area contributed by atoms with Crippen LogP contribution in [0.15, 0.2) is 24.3 Å². The van der Waals surface area contributed by atoms with Gasteiger partial charge < -0.3 is 11.1 Å². The van der Waals surface area contributed by atoms with Crippen molar-refractivity contribution >= 4 is 11.6 Å². The summed E-state index contributed by atoms with van der Waals surface area (Å²) < 4.78 is 0. The van der Waals surface area contributed by atoms with Crippen molar-refractivity contribution in [1.82, 2.24) is 4.90 Å². The fourth-order valence-electron chi connectivity index (χ4n) is 2.65. The van der Waals surface area contributed by atoms with E-state index in [9.17, 15) is 4.79 Å². The number of anilines is 1. The molecule has 3 rings (SSSR count). The molecule has 3 N–H and O–H groups in total. The van der Waals surface area contributed by atoms with E-state index in [1.54, 1.807) is 0 Å². The molecule has 0 aromatic heterocycles. The molecule has 90 valence electrons. The minimum atomic E-state index is -0.0119. The zero-order chi connectivity index (χ0) is 11.8. The summed E-state index contributed by atoms with van der Waals surface area (Å²) in [7, 11) is 0. The first-order chi connectivity index (χ1) is 8.24. The van der Waals surface area contributed by atoms with E-state index in [1.165, 1.54) is 5.56 Å². The molecule has 1 atom stereocenters. The second-order valence-corrected chi connectivity index (χ2v) is 4.91. The molecule has 0 spiro atoms. The van der Waals surface area contributed by atoms with E-state index < -0.39 is 0 Å². The number of nitrogens with two attached hydrogens (primary N) is 1. The lowest BCUT2D eigenvalue weighted by atomic mass is 10.0. The molecule has 0 saturated carbocycles. The van der Waals surface area contributed by atoms with Crippen molar-refractivity contribution in [3.05, 3.63) is 29.8 Å². The first kappa shape index (κ1) is 10.7. The molecule has 2 aliphatic rings. The first-order valence-electron chi connectivity index (χ1n) is 6.12. The fourth-order valence-corrected chi connectivity index (χ4v) is 2.65. The average molecular weight is 231 g/mol. The standard InChI is InChI=1S/C13H17N3O/c14-10-7-16(8-10)12-6-5-9-3-1-2-4-11(9)15-13(12)17/h1-4,10,12H,5-8,14H2,(H,15,17). The Hall–Kier alpha value is -1.39. The van der Waals surface area contributed by atoms with Crippen LogP contribution < -0.4 is 11.1 Å². The van der Waals surface area contributed by atoms with Gasteiger partial charge in [-0.3, -0.25) is 9.69 Å². The maximum atomic E-state index is 12.1. The monoisotopic (exact) mass is 231 g/mol. The molecule has 1 aromatic carbocycles. The molecule has 1 fully saturated rings. The summed E-state index contributed by atoms with van der Waals surface area (Å²) in [6.45, 7) is 1.68. The van der Waals surface area contributed by atoms with Gasteiger partial charge in [0, 0.05) is 24.8 Å². The molecule has 2 aliphatic heterocycles. The summed E-state index contributed by atoms with van der Waals surface area (Å²) >= 11 is 0. The minimum Gasteiger partial charge on any atom is -0.325 e. The molecule has 2 heterocycles. The molecule has 1 amide bonds. The molecule has 0 radical (unpaired) electrons. The summed E-state index contributed by atoms with van der Waals surface area (Å²) in [4.78, 5) is 14.3. The molecule has 0 bridgehead atoms. The zero-order valence-corrected chi connectivity index (χ0v) is 9.73. The number of hydrogen-bond donors (Lipinski definition) is 2. The Morgan fingerprint density at radius 1 is 1.29 bits per heavy atom. The number of rotatable bonds is 1. The molecule has 17 heavy (non-hydrogen) atoms. The normalized spacial score (nSPS) is 25.7. The van der Waals surface area contributed by atoms with Crippen molar-refractivity contribution in [2.75, 3.05) is 18.4 Å². The van der Waals surface area contributed by atoms with Crippen LogP contribution in [0.4, 0.5) is 5.69 Å². The quantitative estimate of drug-likeness (QED) is 0.743. The molecule has 4 heteroatoms. The van der Waals surface area contributed by atoms with E-state index >= 15 is 0 Å². The Kier molecular flexibility index (Phi) is 2.61. The third-order valence-electron chi connectivity index (χ3n) is 3.64. The Balaban J connectivity index is 1.78. The van der Waals surface area contributed by atoms with Gasteiger partial charge in [0.05, 0.1) is 6.04 Å². The summed E-state index contributed by atoms with van der Waals surface area (Å²) in [5.41, 5.74) is 7.96. The summed E-state index contributed by atoms with van der Waals surface area (Å²) in [5, 5.41) is 3.01. The van der Waals surface area contributed by atoms with Crippen molar-refractivity contribution in [1.29, 1.82) is 0 Å². The predicted molar refractivity (Wildman–Crippen MR) is 66.7 cm³/mol. The van der Waals surface area contributed by atoms with Crippen LogP contribution in [0.3, 0.4) is 0 Å². The number of carbonyl (C=O) groups excluding carboxylic acids is 1. The third-order valence-corrected chi connectivity index (χ3v) is 3.64. The highest BCUT2D eigenvalue weighted by atomic mass is 16.2. The molecule has 1 aromatic rings. The lowest BCUT2D eigenvalue weighted by Gasteiger charge is -2.41. The number of hydrogen-bond acceptors (Lipinski definition) is 3. The summed E-state index contributed by atoms with van der Waals surface area (Å²) in [5.74, 6) is 0.113. The van der Waals surface area contributed by atoms with Gasteiger partial charge >= 0.3 is 0 Å². The van der Waals surface area contributed by atoms with Crippen LogP contribution in [0.2, 0.25) is 0 Å². The number of nitrogens with one attached hydrogen (secondary N) is 1. The number of aryl methyl sites for hydroxylation is 1. The first-order valence-corrected chi connectivity index (χ1v) is 6.12. The molecular weight excluding hydrogens is 214 g/mol. The molecule has 1 saturated heterocycles. The van der Waals surface area contributed by atoms with Crippen LogP contribution in [0.5, 0.6) is 0 Å². The average Bonchev–Trinajstić information content (AvgIpc) is 2.44. The highest BCUT2D eigenvalue weighted by Gasteiger charge is 2.35. The van der Waals surface area contributed by atoms with Crippen LogP contribution in [-0.2, 0) is 11.2 Å². The van der Waals surface area contributed by atoms with Crippen molar-refractivity contribution in [2.24, 2.45) is 5.73 Å². The number of amides is 1. The topological polar surface area (TPSA) is 58.4 Å². The second-order valence-electron chi connectivity index (χ2n) is 4.91. The highest BCUT2D eigenvalue weighted by Crippen LogP contribution is 2.25. The lowest BCUT2D eigenvalue weighted by molar-refractivity contribution is -0.123. The van der Waals surface area contributed by atoms with E-state index in [-0.39, 0.29) is 18.0 Å². The van der Waals surface area contributed by atoms with E-state index in [2.05, 4.69) is 16.3 Å². The number of nitrogens with zero attached hydrogens (tertiary/aromatic N) is 1. The molecular formula is C13H17N3O. The highest BCUT2D eigenvalue weighted by molar-refractivity contribution is 5.96. The van der Waals surface area contributed by atoms with Gasteiger partial charge in [0.1, 0.15) is 0 Å². The summed E-state index contributed by atoms with van der Waals surface area (Å²) in [6, 6.07) is 8.26. The van der Waals surface area contributed by atoms with Crippen LogP contribution in [0.25, 0.3) is 0 Å². The lowest BCUT2D eigenvalue weighted by Crippen LogP contribution is -2.61. The van der Waals surface area contributed by atoms with Gasteiger partial charge in [0.25, 0.3) is 0 Å². The largest absolute Gasteiger partial charge is 0.325 e. The Bertz CT molecular complexity index is 440. The van der Waals surface area contributed by atoms with E-state index in [0.717, 1.165) is 31.6 Å². The van der Waals surface area contributed by atoms with Gasteiger partial charge in [-0.25, -0.2) is 0 Å². The van der Waals surface area contributed by atoms with Crippen molar-refractivity contribution in [3.63, 3.8) is 0 Å². The van der Waals surface area contributed by atoms with Gasteiger partial charge in [0.2, 0.25) is 5.91 Å². The zero-order valence-electron chi connectivity index (χ0n) is 9.73. The fraction of sp³-hybridized carbons (Fsp3) is 0.462. The Morgan fingerprint density at radius 2 is 2.06 bits per heavy atom. The van der Waals surface area contributed by atoms with Crippen molar-refractivity contribution in [3.8, 4) is 0 Å². The predicted octanol–water partition coefficient (Wildman–Crippen LogP) is 0.583. The van der Waals surface area contributed by atoms with Gasteiger partial charge in [-0.15, -0.1) is 0 Å². The van der Waals surface area contributed by atoms with Gasteiger partial charge in [-0.1, -0.05) is 18.2 Å². The Labute approximate surface area is 101 Å². The van der Waals surface area contributed by atoms with Gasteiger partial charge in [-0.05, 0) is 24.5 Å². The number of carbonyl (C=O) groups is 1. The molecule has 1 unspecified atom stereocenters. The maximum Gasteiger partial charge on any atom is 0.241 e. The molecule has 4 nitrogen and oxygen atoms in total. The van der Waals surface area contributed by atoms with Crippen LogP contribution in [-0.4, -0.2) is 36.0 Å². The Morgan fingerprint density at radius 3 is 2.82 bits per heavy atom. The van der Waals surface area contributed by atoms with Crippen LogP contribution in [0, 0.1) is 0 Å². The third kappa shape index (κ3) is 1.94. The minimum absolute atomic E-state index is 0.0119. The van der Waals surface area contributed by atoms with E-state index in [4.69, 9.17) is 5.73 Å². The second kappa shape index (κ2) is 4.13. The van der Waals surface area contributed by atoms with Gasteiger partial charge in [0.15, 0.2) is 0 Å². The van der Waals surface area contributed by atoms with Crippen LogP contribution in [0.1, 0.15) is 12.0 Å². The van der Waals surface area contributed by atoms with E-state index in [0.29, 0.717) is 0 Å². The van der Waals surface area contributed by atoms with Gasteiger partial charge in [-0.2, -0.15) is 0 Å². The number of likely N-dealkylation sites (tertiary alicyclic amines) is 1. The number of benzene rings is 1. The summed E-state index contributed by atoms with van der Waals surface area (Å²) in [6.07, 6.45) is 1.83.